The maximum Gasteiger partial charge on any atom is 0.307 e. The van der Waals surface area contributed by atoms with E-state index < -0.39 is 11.9 Å². The Morgan fingerprint density at radius 1 is 0.969 bits per heavy atom. The van der Waals surface area contributed by atoms with Crippen molar-refractivity contribution in [1.82, 2.24) is 4.98 Å². The van der Waals surface area contributed by atoms with Gasteiger partial charge < -0.3 is 31.0 Å². The number of hydrogen-bond donors (Lipinski definition) is 4. The van der Waals surface area contributed by atoms with Crippen molar-refractivity contribution in [3.63, 3.8) is 0 Å². The number of carbonyl (C=O) groups is 2. The molecule has 0 fully saturated rings. The number of fused-ring (bicyclic) bond motifs is 3. The number of methoxy groups -OCH3 is 2. The minimum absolute atomic E-state index is 0.0142. The van der Waals surface area contributed by atoms with Gasteiger partial charge in [0.15, 0.2) is 11.5 Å². The highest BCUT2D eigenvalue weighted by Crippen LogP contribution is 2.31. The van der Waals surface area contributed by atoms with Crippen LogP contribution in [0, 0.1) is 5.82 Å². The Morgan fingerprint density at radius 3 is 2.16 bits per heavy atom. The van der Waals surface area contributed by atoms with Crippen LogP contribution in [0.2, 0.25) is 0 Å². The Labute approximate surface area is 182 Å². The van der Waals surface area contributed by atoms with E-state index in [1.54, 1.807) is 18.2 Å². The summed E-state index contributed by atoms with van der Waals surface area (Å²) in [6.45, 7) is 0. The number of nitrogens with one attached hydrogen (secondary N) is 1. The van der Waals surface area contributed by atoms with Crippen LogP contribution >= 0.6 is 0 Å². The molecule has 1 aromatic heterocycles. The molecule has 4 aromatic rings. The summed E-state index contributed by atoms with van der Waals surface area (Å²) in [6, 6.07) is 13.0. The number of H-pyrrole nitrogens is 1. The van der Waals surface area contributed by atoms with Crippen LogP contribution in [0.4, 0.5) is 10.1 Å². The van der Waals surface area contributed by atoms with Gasteiger partial charge in [-0.2, -0.15) is 0 Å². The lowest BCUT2D eigenvalue weighted by Gasteiger charge is -2.10. The van der Waals surface area contributed by atoms with Crippen LogP contribution in [-0.4, -0.2) is 36.2 Å². The Bertz CT molecular complexity index is 1320. The average Bonchev–Trinajstić information content (AvgIpc) is 3.09. The van der Waals surface area contributed by atoms with Crippen molar-refractivity contribution in [3.05, 3.63) is 65.5 Å². The van der Waals surface area contributed by atoms with Crippen molar-refractivity contribution in [2.24, 2.45) is 5.73 Å². The Morgan fingerprint density at radius 2 is 1.56 bits per heavy atom. The van der Waals surface area contributed by atoms with E-state index in [0.29, 0.717) is 11.5 Å². The molecular weight excluding hydrogens is 417 g/mol. The van der Waals surface area contributed by atoms with Crippen LogP contribution in [0.15, 0.2) is 48.5 Å². The Kier molecular flexibility index (Phi) is 6.48. The van der Waals surface area contributed by atoms with Gasteiger partial charge in [0.05, 0.1) is 26.2 Å². The number of anilines is 1. The molecule has 9 heteroatoms. The van der Waals surface area contributed by atoms with Crippen LogP contribution in [0.5, 0.6) is 11.5 Å². The van der Waals surface area contributed by atoms with Crippen molar-refractivity contribution in [1.29, 1.82) is 0 Å². The van der Waals surface area contributed by atoms with Crippen molar-refractivity contribution in [2.45, 2.75) is 6.42 Å². The molecule has 0 aliphatic heterocycles. The second-order valence-electron chi connectivity index (χ2n) is 6.92. The fraction of sp³-hybridized carbons (Fsp3) is 0.130. The van der Waals surface area contributed by atoms with E-state index in [1.165, 1.54) is 38.5 Å². The molecule has 3 aromatic carbocycles. The zero-order valence-electron chi connectivity index (χ0n) is 17.4. The molecule has 6 N–H and O–H groups in total. The number of primary amides is 1. The lowest BCUT2D eigenvalue weighted by atomic mass is 10.1. The number of aromatic amines is 1. The molecule has 0 radical (unpaired) electrons. The third kappa shape index (κ3) is 4.72. The molecule has 0 aliphatic rings. The maximum absolute atomic E-state index is 13.1. The summed E-state index contributed by atoms with van der Waals surface area (Å²) in [6.07, 6.45) is -0.0142. The van der Waals surface area contributed by atoms with E-state index in [9.17, 15) is 14.0 Å². The zero-order valence-corrected chi connectivity index (χ0v) is 17.4. The number of carboxylic acid groups (broad SMARTS) is 1. The molecule has 0 saturated carbocycles. The predicted octanol–water partition coefficient (Wildman–Crippen LogP) is 3.47. The topological polar surface area (TPSA) is 141 Å². The van der Waals surface area contributed by atoms with Crippen LogP contribution in [0.1, 0.15) is 15.9 Å². The number of rotatable bonds is 5. The summed E-state index contributed by atoms with van der Waals surface area (Å²) in [4.78, 5) is 24.7. The number of carboxylic acids is 1. The van der Waals surface area contributed by atoms with Gasteiger partial charge in [-0.05, 0) is 35.9 Å². The monoisotopic (exact) mass is 439 g/mol. The van der Waals surface area contributed by atoms with Gasteiger partial charge in [-0.25, -0.2) is 4.39 Å². The number of hydrogen-bond acceptors (Lipinski definition) is 5. The first-order valence-corrected chi connectivity index (χ1v) is 9.46. The van der Waals surface area contributed by atoms with E-state index >= 15 is 0 Å². The first-order valence-electron chi connectivity index (χ1n) is 9.46. The van der Waals surface area contributed by atoms with Crippen LogP contribution in [0.3, 0.4) is 0 Å². The summed E-state index contributed by atoms with van der Waals surface area (Å²) in [7, 11) is 2.96. The highest BCUT2D eigenvalue weighted by molar-refractivity contribution is 6.07. The summed E-state index contributed by atoms with van der Waals surface area (Å²) in [5, 5.41) is 10.7. The maximum atomic E-state index is 13.1. The number of benzene rings is 3. The van der Waals surface area contributed by atoms with E-state index in [4.69, 9.17) is 26.0 Å². The minimum atomic E-state index is -0.864. The molecule has 32 heavy (non-hydrogen) atoms. The number of ether oxygens (including phenoxy) is 2. The molecule has 0 atom stereocenters. The van der Waals surface area contributed by atoms with Crippen LogP contribution in [-0.2, 0) is 11.2 Å². The first-order chi connectivity index (χ1) is 15.2. The molecule has 1 heterocycles. The number of nitrogen functional groups attached to an aromatic ring is 1. The zero-order chi connectivity index (χ0) is 23.4. The van der Waals surface area contributed by atoms with Gasteiger partial charge in [-0.15, -0.1) is 0 Å². The number of nitrogens with two attached hydrogens (primary N) is 2. The predicted molar refractivity (Wildman–Crippen MR) is 120 cm³/mol. The van der Waals surface area contributed by atoms with Crippen molar-refractivity contribution < 1.29 is 28.6 Å². The summed E-state index contributed by atoms with van der Waals surface area (Å²) in [5.41, 5.74) is 13.5. The second-order valence-corrected chi connectivity index (χ2v) is 6.92. The normalized spacial score (nSPS) is 10.5. The molecule has 166 valence electrons. The second kappa shape index (κ2) is 9.25. The molecule has 1 amide bonds. The Hall–Kier alpha value is -4.27. The summed E-state index contributed by atoms with van der Waals surface area (Å²) in [5.74, 6) is -0.856. The molecule has 0 unspecified atom stereocenters. The molecular formula is C23H22FN3O5. The highest BCUT2D eigenvalue weighted by atomic mass is 19.1. The van der Waals surface area contributed by atoms with Crippen molar-refractivity contribution >= 4 is 39.4 Å². The largest absolute Gasteiger partial charge is 0.493 e. The van der Waals surface area contributed by atoms with Crippen LogP contribution in [0.25, 0.3) is 21.8 Å². The molecule has 4 rings (SSSR count). The van der Waals surface area contributed by atoms with E-state index in [-0.39, 0.29) is 23.5 Å². The molecule has 0 saturated heterocycles. The standard InChI is InChI=1S/C14H10FNO2.C9H12N2O3/c15-9-2-4-11-10-3-1-8(6-14(17)18)5-12(10)16-13(11)7-9;1-13-7-3-5(9(11)12)6(10)4-8(7)14-2/h1-5,7,16H,6H2,(H,17,18);3-4H,10H2,1-2H3,(H2,11,12). The molecule has 8 nitrogen and oxygen atoms in total. The smallest absolute Gasteiger partial charge is 0.307 e. The molecule has 0 bridgehead atoms. The van der Waals surface area contributed by atoms with Crippen molar-refractivity contribution in [2.75, 3.05) is 20.0 Å². The van der Waals surface area contributed by atoms with E-state index in [1.807, 2.05) is 6.07 Å². The summed E-state index contributed by atoms with van der Waals surface area (Å²) >= 11 is 0. The summed E-state index contributed by atoms with van der Waals surface area (Å²) < 4.78 is 23.1. The lowest BCUT2D eigenvalue weighted by Crippen LogP contribution is -2.13. The van der Waals surface area contributed by atoms with Gasteiger partial charge in [-0.3, -0.25) is 9.59 Å². The van der Waals surface area contributed by atoms with E-state index in [0.717, 1.165) is 27.4 Å². The van der Waals surface area contributed by atoms with Gasteiger partial charge in [0, 0.05) is 33.6 Å². The van der Waals surface area contributed by atoms with Crippen LogP contribution < -0.4 is 20.9 Å². The van der Waals surface area contributed by atoms with Gasteiger partial charge in [0.2, 0.25) is 0 Å². The van der Waals surface area contributed by atoms with Gasteiger partial charge in [-0.1, -0.05) is 12.1 Å². The fourth-order valence-electron chi connectivity index (χ4n) is 3.32. The fourth-order valence-corrected chi connectivity index (χ4v) is 3.32. The molecule has 0 aliphatic carbocycles. The lowest BCUT2D eigenvalue weighted by molar-refractivity contribution is -0.136. The van der Waals surface area contributed by atoms with Gasteiger partial charge >= 0.3 is 5.97 Å². The van der Waals surface area contributed by atoms with Gasteiger partial charge in [0.1, 0.15) is 5.82 Å². The SMILES string of the molecule is COc1cc(N)c(C(N)=O)cc1OC.O=C(O)Cc1ccc2c(c1)[nH]c1cc(F)ccc12. The minimum Gasteiger partial charge on any atom is -0.493 e. The Balaban J connectivity index is 0.000000188. The number of aliphatic carboxylic acids is 1. The third-order valence-corrected chi connectivity index (χ3v) is 4.80. The third-order valence-electron chi connectivity index (χ3n) is 4.80. The van der Waals surface area contributed by atoms with Gasteiger partial charge in [0.25, 0.3) is 5.91 Å². The molecule has 0 spiro atoms. The number of carbonyl (C=O) groups excluding carboxylic acids is 1. The van der Waals surface area contributed by atoms with E-state index in [2.05, 4.69) is 4.98 Å². The number of aromatic nitrogens is 1. The number of amides is 1. The number of halogens is 1. The average molecular weight is 439 g/mol. The van der Waals surface area contributed by atoms with Crippen molar-refractivity contribution in [3.8, 4) is 11.5 Å². The highest BCUT2D eigenvalue weighted by Gasteiger charge is 2.12. The quantitative estimate of drug-likeness (QED) is 0.351. The first kappa shape index (κ1) is 22.4.